The number of nitrogen functional groups attached to an aromatic ring is 1. The van der Waals surface area contributed by atoms with E-state index in [1.165, 1.54) is 6.33 Å². The summed E-state index contributed by atoms with van der Waals surface area (Å²) < 4.78 is 7.26. The van der Waals surface area contributed by atoms with Crippen molar-refractivity contribution >= 4 is 11.3 Å². The van der Waals surface area contributed by atoms with Crippen molar-refractivity contribution in [2.75, 3.05) is 12.3 Å². The average Bonchev–Trinajstić information content (AvgIpc) is 2.84. The van der Waals surface area contributed by atoms with Crippen LogP contribution in [0.25, 0.3) is 5.52 Å². The maximum absolute atomic E-state index is 5.98. The minimum Gasteiger partial charge on any atom is -0.399 e. The van der Waals surface area contributed by atoms with Gasteiger partial charge in [0.05, 0.1) is 6.61 Å². The summed E-state index contributed by atoms with van der Waals surface area (Å²) in [5.74, 6) is 0.468. The number of hydrogen-bond acceptors (Lipinski definition) is 5. The van der Waals surface area contributed by atoms with Crippen LogP contribution in [0, 0.1) is 0 Å². The zero-order valence-corrected chi connectivity index (χ0v) is 12.4. The average molecular weight is 287 g/mol. The van der Waals surface area contributed by atoms with Crippen LogP contribution in [-0.4, -0.2) is 21.2 Å². The summed E-state index contributed by atoms with van der Waals surface area (Å²) in [6.07, 6.45) is 9.83. The highest BCUT2D eigenvalue weighted by atomic mass is 16.5. The SMILES string of the molecule is C/C=C(N)\C=C/Cc1c(COCC)cn2ncnc(N)c12. The predicted molar refractivity (Wildman–Crippen MR) is 83.5 cm³/mol. The normalized spacial score (nSPS) is 12.6. The zero-order valence-electron chi connectivity index (χ0n) is 12.4. The van der Waals surface area contributed by atoms with E-state index in [1.54, 1.807) is 4.52 Å². The molecule has 2 heterocycles. The molecule has 2 aromatic rings. The van der Waals surface area contributed by atoms with Crippen LogP contribution in [0.2, 0.25) is 0 Å². The Labute approximate surface area is 124 Å². The minimum atomic E-state index is 0.468. The molecule has 0 aliphatic rings. The Morgan fingerprint density at radius 3 is 3.00 bits per heavy atom. The lowest BCUT2D eigenvalue weighted by atomic mass is 10.1. The van der Waals surface area contributed by atoms with Gasteiger partial charge in [0.2, 0.25) is 0 Å². The fourth-order valence-corrected chi connectivity index (χ4v) is 2.12. The van der Waals surface area contributed by atoms with Crippen LogP contribution in [0.1, 0.15) is 25.0 Å². The van der Waals surface area contributed by atoms with Gasteiger partial charge in [-0.25, -0.2) is 9.50 Å². The lowest BCUT2D eigenvalue weighted by Crippen LogP contribution is -2.00. The first kappa shape index (κ1) is 15.1. The predicted octanol–water partition coefficient (Wildman–Crippen LogP) is 1.81. The van der Waals surface area contributed by atoms with E-state index in [-0.39, 0.29) is 0 Å². The quantitative estimate of drug-likeness (QED) is 0.791. The third kappa shape index (κ3) is 3.41. The standard InChI is InChI=1S/C15H21N5O/c1-3-12(16)6-5-7-13-11(9-21-4-2)8-20-14(13)15(17)18-10-19-20/h3,5-6,8,10H,4,7,9,16H2,1-2H3,(H2,17,18,19)/b6-5-,12-3+. The topological polar surface area (TPSA) is 91.5 Å². The smallest absolute Gasteiger partial charge is 0.151 e. The molecule has 112 valence electrons. The third-order valence-electron chi connectivity index (χ3n) is 3.22. The number of nitrogens with zero attached hydrogens (tertiary/aromatic N) is 3. The van der Waals surface area contributed by atoms with Crippen LogP contribution in [-0.2, 0) is 17.8 Å². The number of nitrogens with two attached hydrogens (primary N) is 2. The van der Waals surface area contributed by atoms with Crippen LogP contribution < -0.4 is 11.5 Å². The largest absolute Gasteiger partial charge is 0.399 e. The Morgan fingerprint density at radius 1 is 1.48 bits per heavy atom. The van der Waals surface area contributed by atoms with Crippen molar-refractivity contribution in [2.45, 2.75) is 26.9 Å². The maximum Gasteiger partial charge on any atom is 0.151 e. The second-order valence-electron chi connectivity index (χ2n) is 4.60. The number of hydrogen-bond donors (Lipinski definition) is 2. The van der Waals surface area contributed by atoms with E-state index in [9.17, 15) is 0 Å². The number of rotatable bonds is 6. The van der Waals surface area contributed by atoms with E-state index < -0.39 is 0 Å². The molecule has 0 saturated heterocycles. The van der Waals surface area contributed by atoms with Crippen LogP contribution >= 0.6 is 0 Å². The van der Waals surface area contributed by atoms with E-state index in [2.05, 4.69) is 10.1 Å². The van der Waals surface area contributed by atoms with E-state index in [0.29, 0.717) is 25.5 Å². The van der Waals surface area contributed by atoms with Gasteiger partial charge in [-0.05, 0) is 31.9 Å². The van der Waals surface area contributed by atoms with Crippen molar-refractivity contribution in [1.29, 1.82) is 0 Å². The zero-order chi connectivity index (χ0) is 15.2. The second kappa shape index (κ2) is 6.90. The minimum absolute atomic E-state index is 0.468. The Hall–Kier alpha value is -2.34. The second-order valence-corrected chi connectivity index (χ2v) is 4.60. The molecular formula is C15H21N5O. The molecule has 2 aromatic heterocycles. The van der Waals surface area contributed by atoms with Gasteiger partial charge in [0, 0.05) is 24.1 Å². The van der Waals surface area contributed by atoms with Crippen LogP contribution in [0.5, 0.6) is 0 Å². The van der Waals surface area contributed by atoms with Gasteiger partial charge < -0.3 is 16.2 Å². The number of allylic oxidation sites excluding steroid dienone is 3. The molecule has 0 aliphatic carbocycles. The lowest BCUT2D eigenvalue weighted by Gasteiger charge is -2.03. The highest BCUT2D eigenvalue weighted by Gasteiger charge is 2.13. The fourth-order valence-electron chi connectivity index (χ4n) is 2.12. The first-order valence-corrected chi connectivity index (χ1v) is 6.93. The molecule has 21 heavy (non-hydrogen) atoms. The number of fused-ring (bicyclic) bond motifs is 1. The fraction of sp³-hybridized carbons (Fsp3) is 0.333. The lowest BCUT2D eigenvalue weighted by molar-refractivity contribution is 0.133. The molecule has 0 atom stereocenters. The molecule has 0 spiro atoms. The highest BCUT2D eigenvalue weighted by molar-refractivity contribution is 5.72. The van der Waals surface area contributed by atoms with Crippen LogP contribution in [0.15, 0.2) is 36.4 Å². The maximum atomic E-state index is 5.98. The number of ether oxygens (including phenoxy) is 1. The van der Waals surface area contributed by atoms with Gasteiger partial charge in [0.25, 0.3) is 0 Å². The monoisotopic (exact) mass is 287 g/mol. The number of aromatic nitrogens is 3. The van der Waals surface area contributed by atoms with Gasteiger partial charge in [-0.15, -0.1) is 0 Å². The molecule has 0 radical (unpaired) electrons. The Balaban J connectivity index is 2.39. The Morgan fingerprint density at radius 2 is 2.29 bits per heavy atom. The van der Waals surface area contributed by atoms with Gasteiger partial charge in [0.15, 0.2) is 5.82 Å². The summed E-state index contributed by atoms with van der Waals surface area (Å²) in [6.45, 7) is 5.06. The molecule has 0 fully saturated rings. The molecule has 4 N–H and O–H groups in total. The Kier molecular flexibility index (Phi) is 4.94. The van der Waals surface area contributed by atoms with E-state index in [4.69, 9.17) is 16.2 Å². The molecule has 0 aliphatic heterocycles. The summed E-state index contributed by atoms with van der Waals surface area (Å²) >= 11 is 0. The van der Waals surface area contributed by atoms with Crippen molar-refractivity contribution < 1.29 is 4.74 Å². The summed E-state index contributed by atoms with van der Waals surface area (Å²) in [5, 5.41) is 4.20. The molecular weight excluding hydrogens is 266 g/mol. The number of anilines is 1. The van der Waals surface area contributed by atoms with Crippen LogP contribution in [0.4, 0.5) is 5.82 Å². The van der Waals surface area contributed by atoms with Crippen LogP contribution in [0.3, 0.4) is 0 Å². The van der Waals surface area contributed by atoms with E-state index >= 15 is 0 Å². The highest BCUT2D eigenvalue weighted by Crippen LogP contribution is 2.23. The summed E-state index contributed by atoms with van der Waals surface area (Å²) in [5.41, 5.74) is 15.4. The molecule has 0 amide bonds. The van der Waals surface area contributed by atoms with Gasteiger partial charge in [-0.1, -0.05) is 12.2 Å². The van der Waals surface area contributed by atoms with Gasteiger partial charge in [-0.2, -0.15) is 5.10 Å². The van der Waals surface area contributed by atoms with Gasteiger partial charge in [0.1, 0.15) is 11.8 Å². The van der Waals surface area contributed by atoms with Gasteiger partial charge >= 0.3 is 0 Å². The summed E-state index contributed by atoms with van der Waals surface area (Å²) in [4.78, 5) is 4.07. The molecule has 0 bridgehead atoms. The first-order valence-electron chi connectivity index (χ1n) is 6.93. The van der Waals surface area contributed by atoms with Crippen molar-refractivity contribution in [3.8, 4) is 0 Å². The summed E-state index contributed by atoms with van der Waals surface area (Å²) in [6, 6.07) is 0. The van der Waals surface area contributed by atoms with Crippen molar-refractivity contribution in [1.82, 2.24) is 14.6 Å². The Bertz CT molecular complexity index is 672. The third-order valence-corrected chi connectivity index (χ3v) is 3.22. The van der Waals surface area contributed by atoms with E-state index in [0.717, 1.165) is 22.3 Å². The molecule has 6 nitrogen and oxygen atoms in total. The molecule has 0 saturated carbocycles. The van der Waals surface area contributed by atoms with E-state index in [1.807, 2.05) is 38.3 Å². The molecule has 2 rings (SSSR count). The molecule has 0 unspecified atom stereocenters. The van der Waals surface area contributed by atoms with Crippen molar-refractivity contribution in [2.24, 2.45) is 5.73 Å². The molecule has 6 heteroatoms. The molecule has 0 aromatic carbocycles. The van der Waals surface area contributed by atoms with Crippen molar-refractivity contribution in [3.63, 3.8) is 0 Å². The summed E-state index contributed by atoms with van der Waals surface area (Å²) in [7, 11) is 0. The first-order chi connectivity index (χ1) is 10.2. The van der Waals surface area contributed by atoms with Gasteiger partial charge in [-0.3, -0.25) is 0 Å². The van der Waals surface area contributed by atoms with Crippen molar-refractivity contribution in [3.05, 3.63) is 47.6 Å².